The second-order valence-corrected chi connectivity index (χ2v) is 7.65. The number of fused-ring (bicyclic) bond motifs is 4. The maximum atomic E-state index is 9.15. The van der Waals surface area contributed by atoms with E-state index in [1.807, 2.05) is 12.1 Å². The van der Waals surface area contributed by atoms with Gasteiger partial charge >= 0.3 is 0 Å². The van der Waals surface area contributed by atoms with Gasteiger partial charge in [0.1, 0.15) is 5.75 Å². The van der Waals surface area contributed by atoms with Crippen molar-refractivity contribution < 1.29 is 4.74 Å². The number of rotatable bonds is 1. The predicted molar refractivity (Wildman–Crippen MR) is 98.6 cm³/mol. The highest BCUT2D eigenvalue weighted by Crippen LogP contribution is 2.46. The summed E-state index contributed by atoms with van der Waals surface area (Å²) >= 11 is 3.60. The van der Waals surface area contributed by atoms with Crippen LogP contribution in [0.3, 0.4) is 0 Å². The number of benzene rings is 2. The van der Waals surface area contributed by atoms with Crippen molar-refractivity contribution in [2.75, 3.05) is 7.11 Å². The molecule has 120 valence electrons. The lowest BCUT2D eigenvalue weighted by Crippen LogP contribution is -2.27. The lowest BCUT2D eigenvalue weighted by atomic mass is 9.72. The van der Waals surface area contributed by atoms with Crippen LogP contribution < -0.4 is 4.74 Å². The number of nitriles is 1. The molecule has 1 aliphatic carbocycles. The third kappa shape index (κ3) is 2.01. The Morgan fingerprint density at radius 2 is 2.04 bits per heavy atom. The van der Waals surface area contributed by atoms with Gasteiger partial charge in [0.15, 0.2) is 0 Å². The molecule has 4 heteroatoms. The summed E-state index contributed by atoms with van der Waals surface area (Å²) < 4.78 is 6.47. The van der Waals surface area contributed by atoms with Gasteiger partial charge in [-0.2, -0.15) is 5.26 Å². The van der Waals surface area contributed by atoms with Gasteiger partial charge in [0.05, 0.1) is 23.2 Å². The van der Waals surface area contributed by atoms with Gasteiger partial charge in [-0.3, -0.25) is 0 Å². The van der Waals surface area contributed by atoms with Crippen molar-refractivity contribution in [2.24, 2.45) is 0 Å². The van der Waals surface area contributed by atoms with Crippen LogP contribution in [0.15, 0.2) is 34.8 Å². The number of aromatic nitrogens is 1. The lowest BCUT2D eigenvalue weighted by Gasteiger charge is -2.33. The molecule has 0 amide bonds. The SMILES string of the molecule is COc1cc2c(cc1Br)Cc1c([nH]c3cc(C#N)ccc13)C2(C)C. The van der Waals surface area contributed by atoms with E-state index in [1.165, 1.54) is 27.8 Å². The van der Waals surface area contributed by atoms with Gasteiger partial charge in [0, 0.05) is 28.4 Å². The summed E-state index contributed by atoms with van der Waals surface area (Å²) in [6.45, 7) is 4.47. The molecule has 2 aromatic carbocycles. The summed E-state index contributed by atoms with van der Waals surface area (Å²) in [4.78, 5) is 3.57. The molecule has 0 saturated heterocycles. The molecule has 0 unspecified atom stereocenters. The molecule has 1 N–H and O–H groups in total. The average Bonchev–Trinajstić information content (AvgIpc) is 2.93. The van der Waals surface area contributed by atoms with Gasteiger partial charge in [-0.1, -0.05) is 19.9 Å². The molecule has 1 aliphatic rings. The first-order chi connectivity index (χ1) is 11.5. The molecule has 0 radical (unpaired) electrons. The highest BCUT2D eigenvalue weighted by atomic mass is 79.9. The molecular formula is C20H17BrN2O. The minimum Gasteiger partial charge on any atom is -0.496 e. The zero-order chi connectivity index (χ0) is 17.1. The van der Waals surface area contributed by atoms with Crippen molar-refractivity contribution >= 4 is 26.8 Å². The van der Waals surface area contributed by atoms with E-state index >= 15 is 0 Å². The van der Waals surface area contributed by atoms with Gasteiger partial charge < -0.3 is 9.72 Å². The molecule has 0 fully saturated rings. The maximum absolute atomic E-state index is 9.15. The quantitative estimate of drug-likeness (QED) is 0.642. The molecule has 4 rings (SSSR count). The van der Waals surface area contributed by atoms with Crippen LogP contribution in [-0.4, -0.2) is 12.1 Å². The molecule has 1 heterocycles. The Kier molecular flexibility index (Phi) is 3.26. The standard InChI is InChI=1S/C20H17BrN2O/c1-20(2)15-9-18(24-3)16(21)8-12(15)7-14-13-5-4-11(10-22)6-17(13)23-19(14)20/h4-6,8-9,23H,7H2,1-3H3. The van der Waals surface area contributed by atoms with Crippen molar-refractivity contribution in [3.63, 3.8) is 0 Å². The van der Waals surface area contributed by atoms with Crippen LogP contribution in [0, 0.1) is 11.3 Å². The summed E-state index contributed by atoms with van der Waals surface area (Å²) in [5.74, 6) is 0.855. The number of ether oxygens (including phenoxy) is 1. The van der Waals surface area contributed by atoms with Crippen molar-refractivity contribution in [1.29, 1.82) is 5.26 Å². The van der Waals surface area contributed by atoms with E-state index in [2.05, 4.69) is 59.0 Å². The Labute approximate surface area is 149 Å². The van der Waals surface area contributed by atoms with Gasteiger partial charge in [-0.25, -0.2) is 0 Å². The first kappa shape index (κ1) is 15.3. The Hall–Kier alpha value is -2.25. The normalized spacial score (nSPS) is 14.8. The average molecular weight is 381 g/mol. The molecule has 3 aromatic rings. The third-order valence-corrected chi connectivity index (χ3v) is 5.70. The number of aromatic amines is 1. The molecule has 0 atom stereocenters. The summed E-state index contributed by atoms with van der Waals surface area (Å²) in [6.07, 6.45) is 0.878. The fourth-order valence-corrected chi connectivity index (χ4v) is 4.40. The Balaban J connectivity index is 1.99. The minimum absolute atomic E-state index is 0.150. The van der Waals surface area contributed by atoms with Crippen molar-refractivity contribution in [3.8, 4) is 11.8 Å². The fraction of sp³-hybridized carbons (Fsp3) is 0.250. The maximum Gasteiger partial charge on any atom is 0.133 e. The zero-order valence-corrected chi connectivity index (χ0v) is 15.4. The van der Waals surface area contributed by atoms with Crippen LogP contribution in [0.25, 0.3) is 10.9 Å². The highest BCUT2D eigenvalue weighted by molar-refractivity contribution is 9.10. The van der Waals surface area contributed by atoms with Gasteiger partial charge in [-0.05, 0) is 56.9 Å². The molecule has 1 aromatic heterocycles. The number of methoxy groups -OCH3 is 1. The van der Waals surface area contributed by atoms with Crippen LogP contribution in [-0.2, 0) is 11.8 Å². The van der Waals surface area contributed by atoms with Crippen LogP contribution in [0.4, 0.5) is 0 Å². The molecule has 0 saturated carbocycles. The van der Waals surface area contributed by atoms with E-state index in [1.54, 1.807) is 7.11 Å². The molecular weight excluding hydrogens is 364 g/mol. The number of nitrogens with zero attached hydrogens (tertiary/aromatic N) is 1. The lowest BCUT2D eigenvalue weighted by molar-refractivity contribution is 0.409. The third-order valence-electron chi connectivity index (χ3n) is 5.08. The number of nitrogens with one attached hydrogen (secondary N) is 1. The first-order valence-corrected chi connectivity index (χ1v) is 8.67. The van der Waals surface area contributed by atoms with Gasteiger partial charge in [-0.15, -0.1) is 0 Å². The highest BCUT2D eigenvalue weighted by Gasteiger charge is 2.35. The van der Waals surface area contributed by atoms with Crippen LogP contribution >= 0.6 is 15.9 Å². The van der Waals surface area contributed by atoms with E-state index in [0.717, 1.165) is 22.2 Å². The van der Waals surface area contributed by atoms with E-state index in [9.17, 15) is 0 Å². The first-order valence-electron chi connectivity index (χ1n) is 7.87. The summed E-state index contributed by atoms with van der Waals surface area (Å²) in [5.41, 5.74) is 6.70. The summed E-state index contributed by atoms with van der Waals surface area (Å²) in [7, 11) is 1.69. The smallest absolute Gasteiger partial charge is 0.133 e. The molecule has 24 heavy (non-hydrogen) atoms. The minimum atomic E-state index is -0.150. The second-order valence-electron chi connectivity index (χ2n) is 6.80. The molecule has 3 nitrogen and oxygen atoms in total. The summed E-state index contributed by atoms with van der Waals surface area (Å²) in [5, 5.41) is 10.4. The van der Waals surface area contributed by atoms with Crippen LogP contribution in [0.5, 0.6) is 5.75 Å². The predicted octanol–water partition coefficient (Wildman–Crippen LogP) is 5.04. The van der Waals surface area contributed by atoms with Crippen LogP contribution in [0.2, 0.25) is 0 Å². The Morgan fingerprint density at radius 3 is 2.75 bits per heavy atom. The van der Waals surface area contributed by atoms with E-state index < -0.39 is 0 Å². The fourth-order valence-electron chi connectivity index (χ4n) is 3.85. The van der Waals surface area contributed by atoms with Gasteiger partial charge in [0.25, 0.3) is 0 Å². The largest absolute Gasteiger partial charge is 0.496 e. The van der Waals surface area contributed by atoms with E-state index in [4.69, 9.17) is 10.00 Å². The molecule has 0 spiro atoms. The van der Waals surface area contributed by atoms with Crippen molar-refractivity contribution in [2.45, 2.75) is 25.7 Å². The van der Waals surface area contributed by atoms with Gasteiger partial charge in [0.2, 0.25) is 0 Å². The van der Waals surface area contributed by atoms with Crippen molar-refractivity contribution in [1.82, 2.24) is 4.98 Å². The van der Waals surface area contributed by atoms with Crippen LogP contribution in [0.1, 0.15) is 41.8 Å². The second kappa shape index (κ2) is 5.12. The Morgan fingerprint density at radius 1 is 1.25 bits per heavy atom. The number of hydrogen-bond donors (Lipinski definition) is 1. The van der Waals surface area contributed by atoms with E-state index in [0.29, 0.717) is 5.56 Å². The monoisotopic (exact) mass is 380 g/mol. The molecule has 0 bridgehead atoms. The summed E-state index contributed by atoms with van der Waals surface area (Å²) in [6, 6.07) is 12.4. The van der Waals surface area contributed by atoms with Crippen molar-refractivity contribution in [3.05, 3.63) is 62.8 Å². The molecule has 0 aliphatic heterocycles. The number of H-pyrrole nitrogens is 1. The topological polar surface area (TPSA) is 48.8 Å². The zero-order valence-electron chi connectivity index (χ0n) is 13.8. The van der Waals surface area contributed by atoms with E-state index in [-0.39, 0.29) is 5.41 Å². The number of halogens is 1. The Bertz CT molecular complexity index is 1020. The number of hydrogen-bond acceptors (Lipinski definition) is 2.